The summed E-state index contributed by atoms with van der Waals surface area (Å²) in [5.41, 5.74) is 1.07. The number of hydrogen-bond donors (Lipinski definition) is 1. The van der Waals surface area contributed by atoms with E-state index < -0.39 is 21.9 Å². The van der Waals surface area contributed by atoms with Crippen molar-refractivity contribution in [3.05, 3.63) is 65.5 Å². The summed E-state index contributed by atoms with van der Waals surface area (Å²) in [6, 6.07) is 11.6. The Labute approximate surface area is 165 Å². The molecule has 6 nitrogen and oxygen atoms in total. The van der Waals surface area contributed by atoms with Crippen LogP contribution in [-0.2, 0) is 16.6 Å². The van der Waals surface area contributed by atoms with Gasteiger partial charge in [-0.1, -0.05) is 35.9 Å². The third-order valence-electron chi connectivity index (χ3n) is 4.98. The highest BCUT2D eigenvalue weighted by molar-refractivity contribution is 7.89. The van der Waals surface area contributed by atoms with Gasteiger partial charge in [0, 0.05) is 5.56 Å². The van der Waals surface area contributed by atoms with Crippen molar-refractivity contribution in [2.24, 2.45) is 0 Å². The van der Waals surface area contributed by atoms with Crippen molar-refractivity contribution in [1.29, 1.82) is 0 Å². The van der Waals surface area contributed by atoms with Crippen LogP contribution in [0.15, 0.2) is 53.4 Å². The van der Waals surface area contributed by atoms with E-state index in [-0.39, 0.29) is 17.0 Å². The second-order valence-corrected chi connectivity index (χ2v) is 9.01. The monoisotopic (exact) mass is 406 g/mol. The van der Waals surface area contributed by atoms with Crippen LogP contribution in [0.5, 0.6) is 0 Å². The summed E-state index contributed by atoms with van der Waals surface area (Å²) in [5, 5.41) is 0. The molecule has 1 saturated heterocycles. The van der Waals surface area contributed by atoms with Gasteiger partial charge in [0.15, 0.2) is 0 Å². The number of piperazine rings is 1. The fraction of sp³-hybridized carbons (Fsp3) is 0.350. The molecule has 0 saturated carbocycles. The van der Waals surface area contributed by atoms with Crippen LogP contribution in [0.25, 0.3) is 0 Å². The van der Waals surface area contributed by atoms with Gasteiger partial charge in [0.25, 0.3) is 10.0 Å². The number of urea groups is 1. The van der Waals surface area contributed by atoms with E-state index in [0.29, 0.717) is 13.1 Å². The summed E-state index contributed by atoms with van der Waals surface area (Å²) < 4.78 is 41.5. The molecule has 0 bridgehead atoms. The Morgan fingerprint density at radius 2 is 1.71 bits per heavy atom. The predicted octanol–water partition coefficient (Wildman–Crippen LogP) is 1.28. The molecule has 0 spiro atoms. The molecule has 0 aromatic heterocycles. The standard InChI is InChI=1S/C20H24FN3O3S/c1-16-7-9-18(10-8-16)28(26,27)24(15-17-5-3-4-6-19(17)21)20(25)23-13-11-22(2)12-14-23/h3-10H,11-15H2,1-2H3/p+1. The zero-order chi connectivity index (χ0) is 20.3. The van der Waals surface area contributed by atoms with E-state index in [1.807, 2.05) is 14.0 Å². The van der Waals surface area contributed by atoms with Crippen LogP contribution in [0.4, 0.5) is 9.18 Å². The van der Waals surface area contributed by atoms with Crippen molar-refractivity contribution >= 4 is 16.1 Å². The molecule has 1 aliphatic rings. The Morgan fingerprint density at radius 1 is 1.11 bits per heavy atom. The summed E-state index contributed by atoms with van der Waals surface area (Å²) in [5.74, 6) is -0.540. The Balaban J connectivity index is 1.97. The van der Waals surface area contributed by atoms with Gasteiger partial charge in [0.05, 0.1) is 44.7 Å². The SMILES string of the molecule is Cc1ccc(S(=O)(=O)N(Cc2ccccc2F)C(=O)N2CC[NH+](C)CC2)cc1. The number of amides is 2. The number of hydrogen-bond acceptors (Lipinski definition) is 3. The minimum atomic E-state index is -4.13. The topological polar surface area (TPSA) is 62.1 Å². The van der Waals surface area contributed by atoms with Crippen molar-refractivity contribution < 1.29 is 22.5 Å². The minimum absolute atomic E-state index is 0.0162. The average Bonchev–Trinajstić information content (AvgIpc) is 2.67. The van der Waals surface area contributed by atoms with E-state index in [9.17, 15) is 17.6 Å². The number of carbonyl (C=O) groups excluding carboxylic acids is 1. The second kappa shape index (κ2) is 8.28. The predicted molar refractivity (Wildman–Crippen MR) is 104 cm³/mol. The number of rotatable bonds is 4. The molecular formula is C20H25FN3O3S+. The van der Waals surface area contributed by atoms with Crippen LogP contribution in [0.2, 0.25) is 0 Å². The molecule has 150 valence electrons. The highest BCUT2D eigenvalue weighted by Gasteiger charge is 2.35. The Bertz CT molecular complexity index is 939. The summed E-state index contributed by atoms with van der Waals surface area (Å²) in [6.07, 6.45) is 0. The van der Waals surface area contributed by atoms with Crippen LogP contribution in [0.1, 0.15) is 11.1 Å². The lowest BCUT2D eigenvalue weighted by atomic mass is 10.2. The Hall–Kier alpha value is -2.45. The summed E-state index contributed by atoms with van der Waals surface area (Å²) >= 11 is 0. The number of sulfonamides is 1. The van der Waals surface area contributed by atoms with Crippen molar-refractivity contribution in [1.82, 2.24) is 9.21 Å². The molecule has 1 heterocycles. The van der Waals surface area contributed by atoms with E-state index in [0.717, 1.165) is 23.0 Å². The molecule has 0 radical (unpaired) electrons. The van der Waals surface area contributed by atoms with Gasteiger partial charge in [-0.25, -0.2) is 21.9 Å². The number of halogens is 1. The third-order valence-corrected chi connectivity index (χ3v) is 6.72. The van der Waals surface area contributed by atoms with Gasteiger partial charge < -0.3 is 9.80 Å². The number of likely N-dealkylation sites (N-methyl/N-ethyl adjacent to an activating group) is 1. The lowest BCUT2D eigenvalue weighted by Gasteiger charge is -2.34. The van der Waals surface area contributed by atoms with Gasteiger partial charge in [-0.15, -0.1) is 0 Å². The zero-order valence-corrected chi connectivity index (χ0v) is 16.9. The Morgan fingerprint density at radius 3 is 2.32 bits per heavy atom. The van der Waals surface area contributed by atoms with E-state index in [1.165, 1.54) is 40.1 Å². The van der Waals surface area contributed by atoms with Crippen LogP contribution in [-0.4, -0.2) is 56.9 Å². The van der Waals surface area contributed by atoms with Crippen LogP contribution in [0.3, 0.4) is 0 Å². The molecule has 1 aliphatic heterocycles. The third kappa shape index (κ3) is 4.34. The van der Waals surface area contributed by atoms with E-state index in [4.69, 9.17) is 0 Å². The first-order chi connectivity index (χ1) is 13.3. The molecule has 8 heteroatoms. The Kier molecular flexibility index (Phi) is 6.00. The highest BCUT2D eigenvalue weighted by atomic mass is 32.2. The van der Waals surface area contributed by atoms with E-state index >= 15 is 0 Å². The van der Waals surface area contributed by atoms with Gasteiger partial charge in [-0.05, 0) is 25.1 Å². The first-order valence-corrected chi connectivity index (χ1v) is 10.7. The molecule has 3 rings (SSSR count). The first-order valence-electron chi connectivity index (χ1n) is 9.22. The fourth-order valence-electron chi connectivity index (χ4n) is 3.11. The van der Waals surface area contributed by atoms with Crippen LogP contribution >= 0.6 is 0 Å². The van der Waals surface area contributed by atoms with E-state index in [2.05, 4.69) is 0 Å². The lowest BCUT2D eigenvalue weighted by Crippen LogP contribution is -3.12. The number of carbonyl (C=O) groups is 1. The van der Waals surface area contributed by atoms with Gasteiger partial charge >= 0.3 is 6.03 Å². The minimum Gasteiger partial charge on any atom is -0.334 e. The molecule has 0 atom stereocenters. The molecule has 0 aliphatic carbocycles. The summed E-state index contributed by atoms with van der Waals surface area (Å²) in [6.45, 7) is 3.91. The number of nitrogens with zero attached hydrogens (tertiary/aromatic N) is 2. The molecule has 0 unspecified atom stereocenters. The van der Waals surface area contributed by atoms with Crippen molar-refractivity contribution in [3.63, 3.8) is 0 Å². The molecule has 1 fully saturated rings. The van der Waals surface area contributed by atoms with Crippen LogP contribution < -0.4 is 4.90 Å². The molecule has 2 amide bonds. The number of aryl methyl sites for hydroxylation is 1. The van der Waals surface area contributed by atoms with Gasteiger partial charge in [-0.2, -0.15) is 0 Å². The fourth-order valence-corrected chi connectivity index (χ4v) is 4.48. The average molecular weight is 407 g/mol. The number of quaternary nitrogens is 1. The largest absolute Gasteiger partial charge is 0.334 e. The smallest absolute Gasteiger partial charge is 0.334 e. The normalized spacial score (nSPS) is 15.5. The lowest BCUT2D eigenvalue weighted by molar-refractivity contribution is -0.883. The first kappa shape index (κ1) is 20.3. The summed E-state index contributed by atoms with van der Waals surface area (Å²) in [7, 11) is -2.10. The maximum absolute atomic E-state index is 14.2. The molecule has 2 aromatic carbocycles. The number of benzene rings is 2. The van der Waals surface area contributed by atoms with Crippen molar-refractivity contribution in [3.8, 4) is 0 Å². The van der Waals surface area contributed by atoms with Crippen molar-refractivity contribution in [2.45, 2.75) is 18.4 Å². The van der Waals surface area contributed by atoms with Crippen molar-refractivity contribution in [2.75, 3.05) is 33.2 Å². The molecule has 1 N–H and O–H groups in total. The quantitative estimate of drug-likeness (QED) is 0.832. The maximum atomic E-state index is 14.2. The van der Waals surface area contributed by atoms with Gasteiger partial charge in [0.1, 0.15) is 5.82 Å². The van der Waals surface area contributed by atoms with Crippen LogP contribution in [0, 0.1) is 12.7 Å². The molecule has 2 aromatic rings. The zero-order valence-electron chi connectivity index (χ0n) is 16.1. The second-order valence-electron chi connectivity index (χ2n) is 7.14. The number of nitrogens with one attached hydrogen (secondary N) is 1. The summed E-state index contributed by atoms with van der Waals surface area (Å²) in [4.78, 5) is 16.0. The van der Waals surface area contributed by atoms with E-state index in [1.54, 1.807) is 18.2 Å². The van der Waals surface area contributed by atoms with Gasteiger partial charge in [-0.3, -0.25) is 0 Å². The molecule has 28 heavy (non-hydrogen) atoms. The molecular weight excluding hydrogens is 381 g/mol. The van der Waals surface area contributed by atoms with Gasteiger partial charge in [0.2, 0.25) is 0 Å². The highest BCUT2D eigenvalue weighted by Crippen LogP contribution is 2.22. The maximum Gasteiger partial charge on any atom is 0.334 e.